The van der Waals surface area contributed by atoms with Gasteiger partial charge in [0.25, 0.3) is 0 Å². The third-order valence-electron chi connectivity index (χ3n) is 2.49. The summed E-state index contributed by atoms with van der Waals surface area (Å²) in [5.74, 6) is -0.402. The minimum Gasteiger partial charge on any atom is -0.480 e. The fourth-order valence-electron chi connectivity index (χ4n) is 1.63. The van der Waals surface area contributed by atoms with Crippen molar-refractivity contribution in [2.45, 2.75) is 58.6 Å². The van der Waals surface area contributed by atoms with E-state index >= 15 is 0 Å². The van der Waals surface area contributed by atoms with Gasteiger partial charge >= 0.3 is 5.97 Å². The SMILES string of the molecule is CCCCC(NCC(O)CC(C)C)C(=O)O. The van der Waals surface area contributed by atoms with Crippen molar-refractivity contribution in [1.82, 2.24) is 5.32 Å². The van der Waals surface area contributed by atoms with Gasteiger partial charge < -0.3 is 15.5 Å². The zero-order valence-corrected chi connectivity index (χ0v) is 10.6. The molecule has 0 aliphatic carbocycles. The van der Waals surface area contributed by atoms with Crippen molar-refractivity contribution >= 4 is 5.97 Å². The predicted octanol–water partition coefficient (Wildman–Crippen LogP) is 1.63. The number of aliphatic hydroxyl groups is 1. The van der Waals surface area contributed by atoms with E-state index in [9.17, 15) is 9.90 Å². The van der Waals surface area contributed by atoms with Gasteiger partial charge in [-0.3, -0.25) is 4.79 Å². The molecule has 3 N–H and O–H groups in total. The molecule has 0 aromatic rings. The Hall–Kier alpha value is -0.610. The van der Waals surface area contributed by atoms with Crippen LogP contribution in [0.15, 0.2) is 0 Å². The maximum atomic E-state index is 10.9. The molecule has 4 nitrogen and oxygen atoms in total. The Balaban J connectivity index is 3.87. The van der Waals surface area contributed by atoms with Crippen LogP contribution >= 0.6 is 0 Å². The number of carboxylic acids is 1. The van der Waals surface area contributed by atoms with E-state index in [0.29, 0.717) is 25.3 Å². The zero-order valence-electron chi connectivity index (χ0n) is 10.6. The van der Waals surface area contributed by atoms with Gasteiger partial charge in [0.05, 0.1) is 6.10 Å². The van der Waals surface area contributed by atoms with Crippen LogP contribution in [0, 0.1) is 5.92 Å². The van der Waals surface area contributed by atoms with Gasteiger partial charge in [-0.15, -0.1) is 0 Å². The number of nitrogens with one attached hydrogen (secondary N) is 1. The molecule has 0 fully saturated rings. The van der Waals surface area contributed by atoms with Crippen LogP contribution in [-0.4, -0.2) is 34.9 Å². The summed E-state index contributed by atoms with van der Waals surface area (Å²) in [6, 6.07) is -0.526. The van der Waals surface area contributed by atoms with Crippen molar-refractivity contribution in [3.05, 3.63) is 0 Å². The van der Waals surface area contributed by atoms with Gasteiger partial charge in [0.2, 0.25) is 0 Å². The van der Waals surface area contributed by atoms with Crippen LogP contribution < -0.4 is 5.32 Å². The van der Waals surface area contributed by atoms with Crippen LogP contribution in [0.3, 0.4) is 0 Å². The first-order valence-electron chi connectivity index (χ1n) is 6.11. The van der Waals surface area contributed by atoms with E-state index in [-0.39, 0.29) is 0 Å². The highest BCUT2D eigenvalue weighted by Gasteiger charge is 2.17. The monoisotopic (exact) mass is 231 g/mol. The molecule has 2 unspecified atom stereocenters. The second-order valence-corrected chi connectivity index (χ2v) is 4.72. The molecule has 0 heterocycles. The Labute approximate surface area is 98.1 Å². The van der Waals surface area contributed by atoms with Crippen LogP contribution in [0.2, 0.25) is 0 Å². The van der Waals surface area contributed by atoms with Crippen molar-refractivity contribution in [1.29, 1.82) is 0 Å². The second-order valence-electron chi connectivity index (χ2n) is 4.72. The summed E-state index contributed by atoms with van der Waals surface area (Å²) in [6.07, 6.45) is 2.75. The minimum absolute atomic E-state index is 0.360. The van der Waals surface area contributed by atoms with Gasteiger partial charge in [0, 0.05) is 6.54 Å². The van der Waals surface area contributed by atoms with Gasteiger partial charge in [0.1, 0.15) is 6.04 Å². The lowest BCUT2D eigenvalue weighted by Gasteiger charge is -2.18. The maximum absolute atomic E-state index is 10.9. The molecule has 0 bridgehead atoms. The molecule has 0 saturated carbocycles. The molecule has 4 heteroatoms. The van der Waals surface area contributed by atoms with Crippen molar-refractivity contribution in [2.75, 3.05) is 6.54 Å². The van der Waals surface area contributed by atoms with E-state index in [0.717, 1.165) is 12.8 Å². The first-order chi connectivity index (χ1) is 7.47. The molecule has 16 heavy (non-hydrogen) atoms. The number of hydrogen-bond donors (Lipinski definition) is 3. The van der Waals surface area contributed by atoms with E-state index in [4.69, 9.17) is 5.11 Å². The van der Waals surface area contributed by atoms with Gasteiger partial charge in [-0.05, 0) is 18.8 Å². The topological polar surface area (TPSA) is 69.6 Å². The smallest absolute Gasteiger partial charge is 0.320 e. The number of carboxylic acid groups (broad SMARTS) is 1. The summed E-state index contributed by atoms with van der Waals surface area (Å²) in [4.78, 5) is 10.9. The Morgan fingerprint density at radius 2 is 2.00 bits per heavy atom. The normalized spacial score (nSPS) is 15.1. The molecule has 0 radical (unpaired) electrons. The Bertz CT molecular complexity index is 195. The van der Waals surface area contributed by atoms with Crippen LogP contribution in [0.5, 0.6) is 0 Å². The quantitative estimate of drug-likeness (QED) is 0.564. The maximum Gasteiger partial charge on any atom is 0.320 e. The predicted molar refractivity (Wildman–Crippen MR) is 64.4 cm³/mol. The molecule has 96 valence electrons. The largest absolute Gasteiger partial charge is 0.480 e. The second kappa shape index (κ2) is 8.53. The Kier molecular flexibility index (Phi) is 8.21. The highest BCUT2D eigenvalue weighted by Crippen LogP contribution is 2.05. The summed E-state index contributed by atoms with van der Waals surface area (Å²) < 4.78 is 0. The summed E-state index contributed by atoms with van der Waals surface area (Å²) in [5.41, 5.74) is 0. The average Bonchev–Trinajstić information content (AvgIpc) is 2.16. The van der Waals surface area contributed by atoms with Crippen molar-refractivity contribution in [2.24, 2.45) is 5.92 Å². The number of rotatable bonds is 9. The number of aliphatic hydroxyl groups excluding tert-OH is 1. The van der Waals surface area contributed by atoms with E-state index in [2.05, 4.69) is 5.32 Å². The number of carbonyl (C=O) groups is 1. The van der Waals surface area contributed by atoms with Crippen LogP contribution in [0.1, 0.15) is 46.5 Å². The van der Waals surface area contributed by atoms with Crippen LogP contribution in [0.4, 0.5) is 0 Å². The Morgan fingerprint density at radius 3 is 2.44 bits per heavy atom. The average molecular weight is 231 g/mol. The van der Waals surface area contributed by atoms with Gasteiger partial charge in [-0.25, -0.2) is 0 Å². The molecule has 0 aliphatic rings. The van der Waals surface area contributed by atoms with Gasteiger partial charge in [-0.1, -0.05) is 33.6 Å². The third kappa shape index (κ3) is 7.65. The molecule has 0 rings (SSSR count). The molecule has 0 aromatic heterocycles. The lowest BCUT2D eigenvalue weighted by atomic mass is 10.1. The summed E-state index contributed by atoms with van der Waals surface area (Å²) in [5, 5.41) is 21.5. The van der Waals surface area contributed by atoms with E-state index in [1.807, 2.05) is 20.8 Å². The molecule has 2 atom stereocenters. The highest BCUT2D eigenvalue weighted by atomic mass is 16.4. The van der Waals surface area contributed by atoms with E-state index in [1.54, 1.807) is 0 Å². The third-order valence-corrected chi connectivity index (χ3v) is 2.49. The molecule has 0 aromatic carbocycles. The standard InChI is InChI=1S/C12H25NO3/c1-4-5-6-11(12(15)16)13-8-10(14)7-9(2)3/h9-11,13-14H,4-8H2,1-3H3,(H,15,16). The summed E-state index contributed by atoms with van der Waals surface area (Å²) in [7, 11) is 0. The minimum atomic E-state index is -0.829. The summed E-state index contributed by atoms with van der Waals surface area (Å²) in [6.45, 7) is 6.47. The number of hydrogen-bond acceptors (Lipinski definition) is 3. The lowest BCUT2D eigenvalue weighted by Crippen LogP contribution is -2.41. The first kappa shape index (κ1) is 15.4. The zero-order chi connectivity index (χ0) is 12.6. The molecule has 0 aliphatic heterocycles. The van der Waals surface area contributed by atoms with Crippen molar-refractivity contribution in [3.8, 4) is 0 Å². The Morgan fingerprint density at radius 1 is 1.38 bits per heavy atom. The van der Waals surface area contributed by atoms with Gasteiger partial charge in [-0.2, -0.15) is 0 Å². The molecule has 0 amide bonds. The number of aliphatic carboxylic acids is 1. The number of unbranched alkanes of at least 4 members (excludes halogenated alkanes) is 1. The lowest BCUT2D eigenvalue weighted by molar-refractivity contribution is -0.139. The van der Waals surface area contributed by atoms with Crippen molar-refractivity contribution < 1.29 is 15.0 Å². The van der Waals surface area contributed by atoms with Crippen molar-refractivity contribution in [3.63, 3.8) is 0 Å². The van der Waals surface area contributed by atoms with Crippen LogP contribution in [-0.2, 0) is 4.79 Å². The first-order valence-corrected chi connectivity index (χ1v) is 6.11. The van der Waals surface area contributed by atoms with Crippen LogP contribution in [0.25, 0.3) is 0 Å². The van der Waals surface area contributed by atoms with E-state index < -0.39 is 18.1 Å². The fraction of sp³-hybridized carbons (Fsp3) is 0.917. The fourth-order valence-corrected chi connectivity index (χ4v) is 1.63. The molecular weight excluding hydrogens is 206 g/mol. The molecule has 0 spiro atoms. The summed E-state index contributed by atoms with van der Waals surface area (Å²) >= 11 is 0. The van der Waals surface area contributed by atoms with Gasteiger partial charge in [0.15, 0.2) is 0 Å². The highest BCUT2D eigenvalue weighted by molar-refractivity contribution is 5.73. The van der Waals surface area contributed by atoms with E-state index in [1.165, 1.54) is 0 Å². The molecular formula is C12H25NO3. The molecule has 0 saturated heterocycles.